The molecule has 4 heteroatoms. The van der Waals surface area contributed by atoms with Crippen LogP contribution in [0, 0.1) is 0 Å². The van der Waals surface area contributed by atoms with Crippen LogP contribution in [-0.2, 0) is 16.0 Å². The second kappa shape index (κ2) is 9.06. The third-order valence-electron chi connectivity index (χ3n) is 5.72. The summed E-state index contributed by atoms with van der Waals surface area (Å²) < 4.78 is 0. The molecule has 1 aliphatic heterocycles. The summed E-state index contributed by atoms with van der Waals surface area (Å²) >= 11 is 0. The van der Waals surface area contributed by atoms with Crippen molar-refractivity contribution in [2.75, 3.05) is 11.4 Å². The Balaban J connectivity index is 1.50. The van der Waals surface area contributed by atoms with Crippen LogP contribution in [0.5, 0.6) is 0 Å². The third kappa shape index (κ3) is 4.19. The van der Waals surface area contributed by atoms with E-state index in [4.69, 9.17) is 0 Å². The van der Waals surface area contributed by atoms with Crippen molar-refractivity contribution in [3.63, 3.8) is 0 Å². The zero-order chi connectivity index (χ0) is 20.9. The number of hydrogen-bond donors (Lipinski definition) is 1. The van der Waals surface area contributed by atoms with Gasteiger partial charge in [0.25, 0.3) is 5.91 Å². The van der Waals surface area contributed by atoms with Crippen LogP contribution in [0.15, 0.2) is 84.9 Å². The highest BCUT2D eigenvalue weighted by atomic mass is 16.2. The third-order valence-corrected chi connectivity index (χ3v) is 5.72. The monoisotopic (exact) mass is 398 g/mol. The molecule has 0 aromatic heterocycles. The molecule has 30 heavy (non-hydrogen) atoms. The number of rotatable bonds is 7. The highest BCUT2D eigenvalue weighted by Gasteiger charge is 2.39. The summed E-state index contributed by atoms with van der Waals surface area (Å²) in [6.45, 7) is 2.66. The summed E-state index contributed by atoms with van der Waals surface area (Å²) in [6.07, 6.45) is 1.11. The van der Waals surface area contributed by atoms with E-state index in [2.05, 4.69) is 36.5 Å². The lowest BCUT2D eigenvalue weighted by Crippen LogP contribution is -2.40. The van der Waals surface area contributed by atoms with Crippen molar-refractivity contribution in [1.29, 1.82) is 0 Å². The predicted molar refractivity (Wildman–Crippen MR) is 119 cm³/mol. The molecule has 3 aromatic rings. The molecule has 1 heterocycles. The van der Waals surface area contributed by atoms with Gasteiger partial charge in [0.15, 0.2) is 0 Å². The molecular weight excluding hydrogens is 372 g/mol. The average Bonchev–Trinajstić information content (AvgIpc) is 3.08. The van der Waals surface area contributed by atoms with Crippen molar-refractivity contribution in [2.24, 2.45) is 0 Å². The Kier molecular flexibility index (Phi) is 6.05. The second-order valence-electron chi connectivity index (χ2n) is 7.63. The van der Waals surface area contributed by atoms with E-state index in [1.807, 2.05) is 60.7 Å². The van der Waals surface area contributed by atoms with Gasteiger partial charge in [0.2, 0.25) is 5.91 Å². The van der Waals surface area contributed by atoms with Crippen LogP contribution in [0.2, 0.25) is 0 Å². The number of imide groups is 1. The van der Waals surface area contributed by atoms with Gasteiger partial charge < -0.3 is 5.32 Å². The van der Waals surface area contributed by atoms with E-state index in [0.29, 0.717) is 12.2 Å². The number of benzene rings is 3. The molecule has 0 unspecified atom stereocenters. The van der Waals surface area contributed by atoms with Gasteiger partial charge in [-0.05, 0) is 35.2 Å². The summed E-state index contributed by atoms with van der Waals surface area (Å²) in [4.78, 5) is 26.9. The second-order valence-corrected chi connectivity index (χ2v) is 7.63. The van der Waals surface area contributed by atoms with Crippen LogP contribution in [-0.4, -0.2) is 24.4 Å². The van der Waals surface area contributed by atoms with E-state index in [1.165, 1.54) is 21.6 Å². The topological polar surface area (TPSA) is 49.4 Å². The Labute approximate surface area is 177 Å². The quantitative estimate of drug-likeness (QED) is 0.604. The highest BCUT2D eigenvalue weighted by molar-refractivity contribution is 6.22. The van der Waals surface area contributed by atoms with Gasteiger partial charge >= 0.3 is 0 Å². The molecule has 1 saturated heterocycles. The van der Waals surface area contributed by atoms with Gasteiger partial charge in [-0.15, -0.1) is 0 Å². The van der Waals surface area contributed by atoms with Crippen molar-refractivity contribution < 1.29 is 9.59 Å². The van der Waals surface area contributed by atoms with Crippen LogP contribution in [0.25, 0.3) is 0 Å². The van der Waals surface area contributed by atoms with Crippen LogP contribution < -0.4 is 10.2 Å². The zero-order valence-corrected chi connectivity index (χ0v) is 17.1. The van der Waals surface area contributed by atoms with Crippen molar-refractivity contribution in [1.82, 2.24) is 5.32 Å². The van der Waals surface area contributed by atoms with E-state index >= 15 is 0 Å². The van der Waals surface area contributed by atoms with E-state index in [9.17, 15) is 9.59 Å². The molecule has 152 valence electrons. The minimum Gasteiger partial charge on any atom is -0.304 e. The average molecular weight is 399 g/mol. The fourth-order valence-electron chi connectivity index (χ4n) is 4.00. The van der Waals surface area contributed by atoms with Crippen molar-refractivity contribution in [3.8, 4) is 0 Å². The lowest BCUT2D eigenvalue weighted by atomic mass is 9.91. The molecule has 1 atom stereocenters. The number of carbonyl (C=O) groups is 2. The Morgan fingerprint density at radius 1 is 0.867 bits per heavy atom. The number of aryl methyl sites for hydroxylation is 1. The van der Waals surface area contributed by atoms with Gasteiger partial charge in [-0.25, -0.2) is 4.90 Å². The minimum atomic E-state index is -0.502. The molecule has 0 radical (unpaired) electrons. The molecule has 4 rings (SSSR count). The molecule has 1 fully saturated rings. The first kappa shape index (κ1) is 20.0. The van der Waals surface area contributed by atoms with E-state index < -0.39 is 6.04 Å². The minimum absolute atomic E-state index is 0.105. The lowest BCUT2D eigenvalue weighted by molar-refractivity contribution is -0.121. The molecule has 0 aliphatic carbocycles. The van der Waals surface area contributed by atoms with E-state index in [1.54, 1.807) is 0 Å². The molecule has 1 N–H and O–H groups in total. The van der Waals surface area contributed by atoms with Crippen LogP contribution in [0.4, 0.5) is 5.69 Å². The number of hydrogen-bond acceptors (Lipinski definition) is 3. The first-order valence-corrected chi connectivity index (χ1v) is 10.5. The Hall–Kier alpha value is -3.24. The first-order chi connectivity index (χ1) is 14.7. The standard InChI is InChI=1S/C26H26N2O2/c1-2-19-13-15-22(16-14-19)28-25(29)17-24(26(28)30)27-18-23(20-9-5-3-6-10-20)21-11-7-4-8-12-21/h3-16,23-24,27H,2,17-18H2,1H3/t24-/m0/s1. The summed E-state index contributed by atoms with van der Waals surface area (Å²) in [5.74, 6) is -0.227. The number of amides is 2. The summed E-state index contributed by atoms with van der Waals surface area (Å²) in [5, 5.41) is 3.37. The summed E-state index contributed by atoms with van der Waals surface area (Å²) in [6, 6.07) is 27.6. The zero-order valence-electron chi connectivity index (χ0n) is 17.1. The van der Waals surface area contributed by atoms with Gasteiger partial charge in [-0.2, -0.15) is 0 Å². The molecule has 4 nitrogen and oxygen atoms in total. The highest BCUT2D eigenvalue weighted by Crippen LogP contribution is 2.26. The van der Waals surface area contributed by atoms with Crippen LogP contribution in [0.3, 0.4) is 0 Å². The predicted octanol–water partition coefficient (Wildman–Crippen LogP) is 4.30. The largest absolute Gasteiger partial charge is 0.304 e. The van der Waals surface area contributed by atoms with Gasteiger partial charge in [0.05, 0.1) is 18.2 Å². The summed E-state index contributed by atoms with van der Waals surface area (Å²) in [5.41, 5.74) is 4.19. The van der Waals surface area contributed by atoms with Gasteiger partial charge in [-0.3, -0.25) is 9.59 Å². The van der Waals surface area contributed by atoms with E-state index in [0.717, 1.165) is 6.42 Å². The van der Waals surface area contributed by atoms with Crippen molar-refractivity contribution >= 4 is 17.5 Å². The maximum Gasteiger partial charge on any atom is 0.251 e. The molecule has 0 saturated carbocycles. The Bertz CT molecular complexity index is 961. The number of carbonyl (C=O) groups excluding carboxylic acids is 2. The number of nitrogens with zero attached hydrogens (tertiary/aromatic N) is 1. The lowest BCUT2D eigenvalue weighted by Gasteiger charge is -2.21. The number of anilines is 1. The van der Waals surface area contributed by atoms with Crippen molar-refractivity contribution in [3.05, 3.63) is 102 Å². The molecule has 0 spiro atoms. The summed E-state index contributed by atoms with van der Waals surface area (Å²) in [7, 11) is 0. The van der Waals surface area contributed by atoms with Crippen LogP contribution >= 0.6 is 0 Å². The molecule has 1 aliphatic rings. The Morgan fingerprint density at radius 3 is 1.97 bits per heavy atom. The van der Waals surface area contributed by atoms with Crippen LogP contribution in [0.1, 0.15) is 36.0 Å². The molecule has 0 bridgehead atoms. The molecular formula is C26H26N2O2. The maximum atomic E-state index is 13.0. The van der Waals surface area contributed by atoms with E-state index in [-0.39, 0.29) is 24.2 Å². The maximum absolute atomic E-state index is 13.0. The fraction of sp³-hybridized carbons (Fsp3) is 0.231. The van der Waals surface area contributed by atoms with Gasteiger partial charge in [0, 0.05) is 12.5 Å². The first-order valence-electron chi connectivity index (χ1n) is 10.5. The van der Waals surface area contributed by atoms with Gasteiger partial charge in [0.1, 0.15) is 0 Å². The van der Waals surface area contributed by atoms with Crippen molar-refractivity contribution in [2.45, 2.75) is 31.7 Å². The number of nitrogens with one attached hydrogen (secondary N) is 1. The normalized spacial score (nSPS) is 16.5. The molecule has 3 aromatic carbocycles. The van der Waals surface area contributed by atoms with Gasteiger partial charge in [-0.1, -0.05) is 79.7 Å². The fourth-order valence-corrected chi connectivity index (χ4v) is 4.00. The molecule has 2 amide bonds. The smallest absolute Gasteiger partial charge is 0.251 e. The SMILES string of the molecule is CCc1ccc(N2C(=O)C[C@H](NCC(c3ccccc3)c3ccccc3)C2=O)cc1. The Morgan fingerprint density at radius 2 is 1.43 bits per heavy atom.